The number of hydrogen-bond acceptors (Lipinski definition) is 5. The minimum Gasteiger partial charge on any atom is -0.391 e. The van der Waals surface area contributed by atoms with Gasteiger partial charge in [0.05, 0.1) is 12.1 Å². The average molecular weight is 205 g/mol. The van der Waals surface area contributed by atoms with Crippen molar-refractivity contribution in [2.45, 2.75) is 38.2 Å². The summed E-state index contributed by atoms with van der Waals surface area (Å²) in [6.45, 7) is 2.47. The first-order valence-corrected chi connectivity index (χ1v) is 4.16. The minimum absolute atomic E-state index is 0.187. The number of hydrogen-bond donors (Lipinski definition) is 4. The number of nitrogens with one attached hydrogen (secondary N) is 1. The Kier molecular flexibility index (Phi) is 5.29. The molecule has 0 radical (unpaired) electrons. The van der Waals surface area contributed by atoms with E-state index < -0.39 is 30.3 Å². The molecule has 0 saturated carbocycles. The van der Waals surface area contributed by atoms with Gasteiger partial charge in [-0.3, -0.25) is 4.79 Å². The molecule has 4 atom stereocenters. The van der Waals surface area contributed by atoms with Crippen LogP contribution in [0.25, 0.3) is 0 Å². The van der Waals surface area contributed by atoms with Crippen molar-refractivity contribution >= 4 is 12.2 Å². The van der Waals surface area contributed by atoms with Gasteiger partial charge in [-0.1, -0.05) is 0 Å². The third kappa shape index (κ3) is 3.82. The number of rotatable bonds is 5. The SMILES string of the molecule is CC(=O)N[C@@H]([C@H](O)[C@@H](C)O)[C@H](O)C=O. The lowest BCUT2D eigenvalue weighted by atomic mass is 10.0. The van der Waals surface area contributed by atoms with Gasteiger partial charge < -0.3 is 25.4 Å². The highest BCUT2D eigenvalue weighted by atomic mass is 16.3. The van der Waals surface area contributed by atoms with Gasteiger partial charge in [0.2, 0.25) is 5.91 Å². The monoisotopic (exact) mass is 205 g/mol. The van der Waals surface area contributed by atoms with Crippen LogP contribution in [-0.4, -0.2) is 51.9 Å². The average Bonchev–Trinajstić information content (AvgIpc) is 2.11. The topological polar surface area (TPSA) is 107 Å². The zero-order chi connectivity index (χ0) is 11.3. The Bertz CT molecular complexity index is 206. The zero-order valence-electron chi connectivity index (χ0n) is 8.04. The van der Waals surface area contributed by atoms with Crippen molar-refractivity contribution < 1.29 is 24.9 Å². The second-order valence-electron chi connectivity index (χ2n) is 3.08. The third-order valence-electron chi connectivity index (χ3n) is 1.74. The fourth-order valence-electron chi connectivity index (χ4n) is 0.992. The van der Waals surface area contributed by atoms with Crippen LogP contribution in [0.3, 0.4) is 0 Å². The predicted molar refractivity (Wildman–Crippen MR) is 47.4 cm³/mol. The van der Waals surface area contributed by atoms with Gasteiger partial charge in [-0.15, -0.1) is 0 Å². The molecule has 14 heavy (non-hydrogen) atoms. The molecule has 6 nitrogen and oxygen atoms in total. The summed E-state index contributed by atoms with van der Waals surface area (Å²) in [4.78, 5) is 20.9. The van der Waals surface area contributed by atoms with Crippen molar-refractivity contribution in [1.82, 2.24) is 5.32 Å². The van der Waals surface area contributed by atoms with Gasteiger partial charge in [0.25, 0.3) is 0 Å². The zero-order valence-corrected chi connectivity index (χ0v) is 8.04. The van der Waals surface area contributed by atoms with E-state index >= 15 is 0 Å². The van der Waals surface area contributed by atoms with Gasteiger partial charge >= 0.3 is 0 Å². The summed E-state index contributed by atoms with van der Waals surface area (Å²) in [5.74, 6) is -0.504. The van der Waals surface area contributed by atoms with Crippen LogP contribution < -0.4 is 5.32 Å². The van der Waals surface area contributed by atoms with E-state index in [4.69, 9.17) is 10.2 Å². The molecular formula is C8H15NO5. The van der Waals surface area contributed by atoms with Crippen LogP contribution in [-0.2, 0) is 9.59 Å². The van der Waals surface area contributed by atoms with E-state index in [0.29, 0.717) is 0 Å². The summed E-state index contributed by atoms with van der Waals surface area (Å²) in [5, 5.41) is 29.7. The van der Waals surface area contributed by atoms with Gasteiger partial charge in [-0.25, -0.2) is 0 Å². The number of carbonyl (C=O) groups excluding carboxylic acids is 2. The molecule has 0 aromatic carbocycles. The lowest BCUT2D eigenvalue weighted by molar-refractivity contribution is -0.126. The molecule has 0 spiro atoms. The molecule has 0 aromatic heterocycles. The smallest absolute Gasteiger partial charge is 0.217 e. The summed E-state index contributed by atoms with van der Waals surface area (Å²) in [6, 6.07) is -1.19. The summed E-state index contributed by atoms with van der Waals surface area (Å²) in [6.07, 6.45) is -3.89. The van der Waals surface area contributed by atoms with Gasteiger partial charge in [0.15, 0.2) is 6.29 Å². The van der Waals surface area contributed by atoms with Crippen LogP contribution in [0, 0.1) is 0 Å². The number of aliphatic hydroxyl groups excluding tert-OH is 3. The Balaban J connectivity index is 4.53. The fourth-order valence-corrected chi connectivity index (χ4v) is 0.992. The van der Waals surface area contributed by atoms with Crippen LogP contribution in [0.5, 0.6) is 0 Å². The summed E-state index contributed by atoms with van der Waals surface area (Å²) in [7, 11) is 0. The van der Waals surface area contributed by atoms with Crippen molar-refractivity contribution in [2.75, 3.05) is 0 Å². The molecule has 82 valence electrons. The van der Waals surface area contributed by atoms with Crippen LogP contribution in [0.15, 0.2) is 0 Å². The predicted octanol–water partition coefficient (Wildman–Crippen LogP) is -2.21. The van der Waals surface area contributed by atoms with Crippen LogP contribution in [0.2, 0.25) is 0 Å². The second kappa shape index (κ2) is 5.69. The molecule has 4 N–H and O–H groups in total. The third-order valence-corrected chi connectivity index (χ3v) is 1.74. The maximum atomic E-state index is 10.7. The Morgan fingerprint density at radius 1 is 1.36 bits per heavy atom. The molecular weight excluding hydrogens is 190 g/mol. The quantitative estimate of drug-likeness (QED) is 0.381. The molecule has 0 fully saturated rings. The van der Waals surface area contributed by atoms with Gasteiger partial charge in [-0.2, -0.15) is 0 Å². The Labute approximate surface area is 81.5 Å². The maximum Gasteiger partial charge on any atom is 0.217 e. The first kappa shape index (κ1) is 13.0. The molecule has 0 aliphatic carbocycles. The highest BCUT2D eigenvalue weighted by Crippen LogP contribution is 2.03. The number of aldehydes is 1. The highest BCUT2D eigenvalue weighted by Gasteiger charge is 2.30. The first-order valence-electron chi connectivity index (χ1n) is 4.16. The number of amides is 1. The number of aliphatic hydroxyl groups is 3. The van der Waals surface area contributed by atoms with Crippen molar-refractivity contribution in [2.24, 2.45) is 0 Å². The summed E-state index contributed by atoms with van der Waals surface area (Å²) < 4.78 is 0. The molecule has 0 bridgehead atoms. The Morgan fingerprint density at radius 3 is 2.14 bits per heavy atom. The van der Waals surface area contributed by atoms with Crippen LogP contribution in [0.4, 0.5) is 0 Å². The number of carbonyl (C=O) groups is 2. The normalized spacial score (nSPS) is 19.2. The highest BCUT2D eigenvalue weighted by molar-refractivity contribution is 5.74. The Morgan fingerprint density at radius 2 is 1.86 bits per heavy atom. The van der Waals surface area contributed by atoms with Crippen molar-refractivity contribution in [3.05, 3.63) is 0 Å². The maximum absolute atomic E-state index is 10.7. The lowest BCUT2D eigenvalue weighted by Crippen LogP contribution is -2.54. The second-order valence-corrected chi connectivity index (χ2v) is 3.08. The molecule has 0 aliphatic rings. The standard InChI is InChI=1S/C8H15NO5/c1-4(11)8(14)7(6(13)3-10)9-5(2)12/h3-4,6-8,11,13-14H,1-2H3,(H,9,12)/t4-,6-,7-,8-/m1/s1. The molecule has 0 aromatic rings. The molecule has 0 unspecified atom stereocenters. The van der Waals surface area contributed by atoms with E-state index in [0.717, 1.165) is 0 Å². The van der Waals surface area contributed by atoms with Gasteiger partial charge in [-0.05, 0) is 6.92 Å². The molecule has 0 saturated heterocycles. The lowest BCUT2D eigenvalue weighted by Gasteiger charge is -2.26. The van der Waals surface area contributed by atoms with Crippen LogP contribution >= 0.6 is 0 Å². The molecule has 0 heterocycles. The van der Waals surface area contributed by atoms with E-state index in [9.17, 15) is 14.7 Å². The minimum atomic E-state index is -1.54. The summed E-state index contributed by atoms with van der Waals surface area (Å²) in [5.41, 5.74) is 0. The molecule has 0 aliphatic heterocycles. The molecule has 1 amide bonds. The van der Waals surface area contributed by atoms with E-state index in [1.807, 2.05) is 0 Å². The van der Waals surface area contributed by atoms with E-state index in [1.165, 1.54) is 13.8 Å². The first-order chi connectivity index (χ1) is 6.40. The van der Waals surface area contributed by atoms with Crippen LogP contribution in [0.1, 0.15) is 13.8 Å². The Hall–Kier alpha value is -0.980. The van der Waals surface area contributed by atoms with Crippen molar-refractivity contribution in [1.29, 1.82) is 0 Å². The van der Waals surface area contributed by atoms with Crippen molar-refractivity contribution in [3.63, 3.8) is 0 Å². The molecule has 0 rings (SSSR count). The largest absolute Gasteiger partial charge is 0.391 e. The van der Waals surface area contributed by atoms with E-state index in [2.05, 4.69) is 5.32 Å². The van der Waals surface area contributed by atoms with Crippen molar-refractivity contribution in [3.8, 4) is 0 Å². The van der Waals surface area contributed by atoms with Gasteiger partial charge in [0.1, 0.15) is 12.2 Å². The van der Waals surface area contributed by atoms with E-state index in [1.54, 1.807) is 0 Å². The van der Waals surface area contributed by atoms with E-state index in [-0.39, 0.29) is 6.29 Å². The fraction of sp³-hybridized carbons (Fsp3) is 0.750. The van der Waals surface area contributed by atoms with Gasteiger partial charge in [0, 0.05) is 6.92 Å². The summed E-state index contributed by atoms with van der Waals surface area (Å²) >= 11 is 0. The molecule has 6 heteroatoms.